The second-order valence-corrected chi connectivity index (χ2v) is 4.43. The van der Waals surface area contributed by atoms with Gasteiger partial charge in [0.15, 0.2) is 5.82 Å². The molecule has 0 bridgehead atoms. The molecule has 0 aliphatic heterocycles. The second-order valence-electron chi connectivity index (χ2n) is 4.02. The number of hydrogen-bond donors (Lipinski definition) is 2. The average molecular weight is 311 g/mol. The van der Waals surface area contributed by atoms with Gasteiger partial charge in [-0.2, -0.15) is 0 Å². The molecule has 2 aromatic rings. The maximum Gasteiger partial charge on any atom is 0.342 e. The Morgan fingerprint density at radius 1 is 1.33 bits per heavy atom. The minimum atomic E-state index is -1.45. The highest BCUT2D eigenvalue weighted by molar-refractivity contribution is 6.31. The van der Waals surface area contributed by atoms with E-state index in [0.29, 0.717) is 0 Å². The summed E-state index contributed by atoms with van der Waals surface area (Å²) in [5.74, 6) is -2.15. The Hall–Kier alpha value is -2.67. The molecule has 108 valence electrons. The topological polar surface area (TPSA) is 92.5 Å². The molecule has 8 heteroatoms. The fourth-order valence-electron chi connectivity index (χ4n) is 1.70. The van der Waals surface area contributed by atoms with Crippen molar-refractivity contribution in [1.82, 2.24) is 0 Å². The molecule has 2 aromatic carbocycles. The van der Waals surface area contributed by atoms with Crippen LogP contribution in [0.2, 0.25) is 5.02 Å². The Morgan fingerprint density at radius 2 is 2.05 bits per heavy atom. The van der Waals surface area contributed by atoms with Gasteiger partial charge < -0.3 is 10.4 Å². The predicted octanol–water partition coefficient (Wildman–Crippen LogP) is 3.83. The lowest BCUT2D eigenvalue weighted by Gasteiger charge is -2.09. The predicted molar refractivity (Wildman–Crippen MR) is 74.7 cm³/mol. The molecule has 0 atom stereocenters. The highest BCUT2D eigenvalue weighted by Gasteiger charge is 2.20. The maximum atomic E-state index is 13.7. The van der Waals surface area contributed by atoms with Crippen molar-refractivity contribution in [2.24, 2.45) is 0 Å². The molecular formula is C13H8ClFN2O4. The zero-order valence-corrected chi connectivity index (χ0v) is 11.1. The molecule has 2 N–H and O–H groups in total. The maximum absolute atomic E-state index is 13.7. The SMILES string of the molecule is O=C(O)c1cc(Nc2cccc(Cl)c2F)ccc1[N+](=O)[O-]. The summed E-state index contributed by atoms with van der Waals surface area (Å²) in [6.45, 7) is 0. The number of rotatable bonds is 4. The summed E-state index contributed by atoms with van der Waals surface area (Å²) in [4.78, 5) is 21.0. The van der Waals surface area contributed by atoms with Crippen molar-refractivity contribution < 1.29 is 19.2 Å². The van der Waals surface area contributed by atoms with E-state index < -0.39 is 28.0 Å². The quantitative estimate of drug-likeness (QED) is 0.661. The van der Waals surface area contributed by atoms with E-state index in [9.17, 15) is 19.3 Å². The first-order chi connectivity index (χ1) is 9.90. The molecule has 0 aliphatic carbocycles. The number of hydrogen-bond acceptors (Lipinski definition) is 4. The van der Waals surface area contributed by atoms with Gasteiger partial charge in [-0.15, -0.1) is 0 Å². The van der Waals surface area contributed by atoms with Crippen molar-refractivity contribution in [3.05, 3.63) is 62.9 Å². The zero-order valence-electron chi connectivity index (χ0n) is 10.3. The van der Waals surface area contributed by atoms with Crippen LogP contribution in [-0.2, 0) is 0 Å². The number of carbonyl (C=O) groups is 1. The molecule has 0 fully saturated rings. The van der Waals surface area contributed by atoms with Crippen LogP contribution in [0.5, 0.6) is 0 Å². The molecule has 0 saturated heterocycles. The number of aromatic carboxylic acids is 1. The normalized spacial score (nSPS) is 10.2. The summed E-state index contributed by atoms with van der Waals surface area (Å²) in [6, 6.07) is 7.65. The lowest BCUT2D eigenvalue weighted by atomic mass is 10.1. The van der Waals surface area contributed by atoms with Gasteiger partial charge in [0.05, 0.1) is 15.6 Å². The molecule has 0 aromatic heterocycles. The van der Waals surface area contributed by atoms with E-state index in [0.717, 1.165) is 12.1 Å². The van der Waals surface area contributed by atoms with Gasteiger partial charge in [-0.3, -0.25) is 10.1 Å². The van der Waals surface area contributed by atoms with Crippen molar-refractivity contribution in [3.8, 4) is 0 Å². The molecule has 0 radical (unpaired) electrons. The monoisotopic (exact) mass is 310 g/mol. The molecule has 0 heterocycles. The molecule has 6 nitrogen and oxygen atoms in total. The fraction of sp³-hybridized carbons (Fsp3) is 0. The molecule has 0 spiro atoms. The first kappa shape index (κ1) is 14.7. The van der Waals surface area contributed by atoms with Gasteiger partial charge in [-0.25, -0.2) is 9.18 Å². The fourth-order valence-corrected chi connectivity index (χ4v) is 1.87. The second kappa shape index (κ2) is 5.76. The first-order valence-electron chi connectivity index (χ1n) is 5.63. The van der Waals surface area contributed by atoms with E-state index >= 15 is 0 Å². The average Bonchev–Trinajstić information content (AvgIpc) is 2.43. The Bertz CT molecular complexity index is 736. The van der Waals surface area contributed by atoms with E-state index in [1.165, 1.54) is 24.3 Å². The number of benzene rings is 2. The Labute approximate surface area is 122 Å². The van der Waals surface area contributed by atoms with Crippen molar-refractivity contribution in [1.29, 1.82) is 0 Å². The lowest BCUT2D eigenvalue weighted by Crippen LogP contribution is -2.04. The summed E-state index contributed by atoms with van der Waals surface area (Å²) in [7, 11) is 0. The number of nitrogens with one attached hydrogen (secondary N) is 1. The van der Waals surface area contributed by atoms with Crippen LogP contribution >= 0.6 is 11.6 Å². The molecule has 0 aliphatic rings. The van der Waals surface area contributed by atoms with E-state index in [1.54, 1.807) is 0 Å². The van der Waals surface area contributed by atoms with Gasteiger partial charge in [-0.05, 0) is 24.3 Å². The highest BCUT2D eigenvalue weighted by Crippen LogP contribution is 2.28. The van der Waals surface area contributed by atoms with E-state index in [-0.39, 0.29) is 16.4 Å². The van der Waals surface area contributed by atoms with Gasteiger partial charge in [-0.1, -0.05) is 17.7 Å². The van der Waals surface area contributed by atoms with Crippen molar-refractivity contribution in [3.63, 3.8) is 0 Å². The molecule has 0 unspecified atom stereocenters. The van der Waals surface area contributed by atoms with Crippen molar-refractivity contribution in [2.45, 2.75) is 0 Å². The van der Waals surface area contributed by atoms with Gasteiger partial charge in [0, 0.05) is 11.8 Å². The van der Waals surface area contributed by atoms with Crippen LogP contribution in [0.1, 0.15) is 10.4 Å². The van der Waals surface area contributed by atoms with Crippen LogP contribution in [0, 0.1) is 15.9 Å². The zero-order chi connectivity index (χ0) is 15.6. The summed E-state index contributed by atoms with van der Waals surface area (Å²) >= 11 is 5.63. The molecule has 21 heavy (non-hydrogen) atoms. The third kappa shape index (κ3) is 3.09. The third-order valence-electron chi connectivity index (χ3n) is 2.65. The Kier molecular flexibility index (Phi) is 4.04. The largest absolute Gasteiger partial charge is 0.477 e. The number of carboxylic acids is 1. The van der Waals surface area contributed by atoms with Crippen LogP contribution in [0.25, 0.3) is 0 Å². The van der Waals surface area contributed by atoms with Crippen LogP contribution in [0.4, 0.5) is 21.5 Å². The van der Waals surface area contributed by atoms with Crippen molar-refractivity contribution >= 4 is 34.6 Å². The number of nitro benzene ring substituents is 1. The van der Waals surface area contributed by atoms with Gasteiger partial charge in [0.1, 0.15) is 5.56 Å². The van der Waals surface area contributed by atoms with Gasteiger partial charge in [0.2, 0.25) is 0 Å². The third-order valence-corrected chi connectivity index (χ3v) is 2.95. The van der Waals surface area contributed by atoms with E-state index in [2.05, 4.69) is 5.32 Å². The van der Waals surface area contributed by atoms with Crippen LogP contribution < -0.4 is 5.32 Å². The van der Waals surface area contributed by atoms with Gasteiger partial charge in [0.25, 0.3) is 5.69 Å². The summed E-state index contributed by atoms with van der Waals surface area (Å²) in [5.41, 5.74) is -0.807. The summed E-state index contributed by atoms with van der Waals surface area (Å²) in [6.07, 6.45) is 0. The summed E-state index contributed by atoms with van der Waals surface area (Å²) < 4.78 is 13.7. The van der Waals surface area contributed by atoms with Crippen LogP contribution in [0.15, 0.2) is 36.4 Å². The van der Waals surface area contributed by atoms with E-state index in [1.807, 2.05) is 0 Å². The number of nitro groups is 1. The molecular weight excluding hydrogens is 303 g/mol. The number of halogens is 2. The minimum Gasteiger partial charge on any atom is -0.477 e. The summed E-state index contributed by atoms with van der Waals surface area (Å²) in [5, 5.41) is 22.2. The Balaban J connectivity index is 2.42. The molecule has 0 saturated carbocycles. The first-order valence-corrected chi connectivity index (χ1v) is 6.00. The minimum absolute atomic E-state index is 0.0349. The van der Waals surface area contributed by atoms with Crippen LogP contribution in [-0.4, -0.2) is 16.0 Å². The Morgan fingerprint density at radius 3 is 2.67 bits per heavy atom. The standard InChI is InChI=1S/C13H8ClFN2O4/c14-9-2-1-3-10(12(9)15)16-7-4-5-11(17(20)21)8(6-7)13(18)19/h1-6,16H,(H,18,19). The lowest BCUT2D eigenvalue weighted by molar-refractivity contribution is -0.385. The molecule has 0 amide bonds. The number of anilines is 2. The highest BCUT2D eigenvalue weighted by atomic mass is 35.5. The van der Waals surface area contributed by atoms with Crippen molar-refractivity contribution in [2.75, 3.05) is 5.32 Å². The number of nitrogens with zero attached hydrogens (tertiary/aromatic N) is 1. The smallest absolute Gasteiger partial charge is 0.342 e. The van der Waals surface area contributed by atoms with E-state index in [4.69, 9.17) is 16.7 Å². The van der Waals surface area contributed by atoms with Crippen LogP contribution in [0.3, 0.4) is 0 Å². The molecule has 2 rings (SSSR count). The number of carboxylic acid groups (broad SMARTS) is 1. The van der Waals surface area contributed by atoms with Gasteiger partial charge >= 0.3 is 5.97 Å².